The summed E-state index contributed by atoms with van der Waals surface area (Å²) in [6, 6.07) is 2.30. The standard InChI is InChI=1S/C15H15F3N2O4/c16-15(17,18)14(22)20-8-2-1-7(3-8)13(21)9-4-11-12(5-10(9)19)24-6-23-11/h4-5,7-8H,1-3,6,19H2,(H,20,22). The molecule has 0 spiro atoms. The topological polar surface area (TPSA) is 90.7 Å². The summed E-state index contributed by atoms with van der Waals surface area (Å²) in [5.74, 6) is -1.89. The number of ketones is 1. The van der Waals surface area contributed by atoms with Gasteiger partial charge in [0.05, 0.1) is 0 Å². The van der Waals surface area contributed by atoms with E-state index in [0.717, 1.165) is 0 Å². The highest BCUT2D eigenvalue weighted by Gasteiger charge is 2.41. The van der Waals surface area contributed by atoms with Gasteiger partial charge in [-0.05, 0) is 25.3 Å². The number of hydrogen-bond acceptors (Lipinski definition) is 5. The summed E-state index contributed by atoms with van der Waals surface area (Å²) in [6.45, 7) is 0.0430. The summed E-state index contributed by atoms with van der Waals surface area (Å²) in [5, 5.41) is 1.92. The number of fused-ring (bicyclic) bond motifs is 1. The molecule has 1 aliphatic carbocycles. The van der Waals surface area contributed by atoms with Gasteiger partial charge in [-0.25, -0.2) is 0 Å². The van der Waals surface area contributed by atoms with Crippen molar-refractivity contribution in [2.24, 2.45) is 5.92 Å². The molecule has 2 unspecified atom stereocenters. The first-order valence-corrected chi connectivity index (χ1v) is 7.36. The van der Waals surface area contributed by atoms with Crippen molar-refractivity contribution in [3.05, 3.63) is 17.7 Å². The molecule has 0 bridgehead atoms. The van der Waals surface area contributed by atoms with Crippen LogP contribution in [0.25, 0.3) is 0 Å². The molecule has 1 aromatic rings. The van der Waals surface area contributed by atoms with E-state index in [-0.39, 0.29) is 30.2 Å². The van der Waals surface area contributed by atoms with Crippen LogP contribution in [0.5, 0.6) is 11.5 Å². The molecule has 24 heavy (non-hydrogen) atoms. The molecule has 130 valence electrons. The van der Waals surface area contributed by atoms with Crippen LogP contribution in [-0.4, -0.2) is 30.7 Å². The molecule has 1 heterocycles. The summed E-state index contributed by atoms with van der Waals surface area (Å²) >= 11 is 0. The van der Waals surface area contributed by atoms with Gasteiger partial charge in [-0.15, -0.1) is 0 Å². The van der Waals surface area contributed by atoms with E-state index in [2.05, 4.69) is 0 Å². The Balaban J connectivity index is 1.68. The first-order chi connectivity index (χ1) is 11.3. The Labute approximate surface area is 135 Å². The Hall–Kier alpha value is -2.45. The first kappa shape index (κ1) is 16.4. The van der Waals surface area contributed by atoms with Gasteiger partial charge in [0.1, 0.15) is 0 Å². The van der Waals surface area contributed by atoms with Crippen molar-refractivity contribution in [2.75, 3.05) is 12.5 Å². The summed E-state index contributed by atoms with van der Waals surface area (Å²) in [5.41, 5.74) is 6.34. The van der Waals surface area contributed by atoms with Crippen molar-refractivity contribution in [3.8, 4) is 11.5 Å². The van der Waals surface area contributed by atoms with Gasteiger partial charge in [0, 0.05) is 29.3 Å². The number of halogens is 3. The first-order valence-electron chi connectivity index (χ1n) is 7.36. The SMILES string of the molecule is Nc1cc2c(cc1C(=O)C1CCC(NC(=O)C(F)(F)F)C1)OCO2. The molecule has 1 saturated carbocycles. The van der Waals surface area contributed by atoms with Crippen molar-refractivity contribution in [1.29, 1.82) is 0 Å². The zero-order chi connectivity index (χ0) is 17.5. The molecule has 1 aliphatic heterocycles. The number of amides is 1. The molecular weight excluding hydrogens is 329 g/mol. The lowest BCUT2D eigenvalue weighted by atomic mass is 9.94. The highest BCUT2D eigenvalue weighted by Crippen LogP contribution is 2.38. The van der Waals surface area contributed by atoms with Crippen LogP contribution in [0, 0.1) is 5.92 Å². The quantitative estimate of drug-likeness (QED) is 0.647. The van der Waals surface area contributed by atoms with E-state index < -0.39 is 24.0 Å². The molecule has 1 aromatic carbocycles. The number of Topliss-reactive ketones (excluding diaryl/α,β-unsaturated/α-hetero) is 1. The lowest BCUT2D eigenvalue weighted by molar-refractivity contribution is -0.174. The third kappa shape index (κ3) is 3.10. The summed E-state index contributed by atoms with van der Waals surface area (Å²) < 4.78 is 47.2. The minimum Gasteiger partial charge on any atom is -0.454 e. The lowest BCUT2D eigenvalue weighted by Gasteiger charge is -2.15. The predicted octanol–water partition coefficient (Wildman–Crippen LogP) is 2.03. The Morgan fingerprint density at radius 3 is 2.50 bits per heavy atom. The number of carbonyl (C=O) groups excluding carboxylic acids is 2. The van der Waals surface area contributed by atoms with Crippen LogP contribution in [0.1, 0.15) is 29.6 Å². The van der Waals surface area contributed by atoms with Crippen LogP contribution in [0.4, 0.5) is 18.9 Å². The predicted molar refractivity (Wildman–Crippen MR) is 76.6 cm³/mol. The second-order valence-corrected chi connectivity index (χ2v) is 5.84. The van der Waals surface area contributed by atoms with E-state index in [1.807, 2.05) is 5.32 Å². The fourth-order valence-electron chi connectivity index (χ4n) is 3.01. The van der Waals surface area contributed by atoms with E-state index >= 15 is 0 Å². The maximum absolute atomic E-state index is 12.6. The number of nitrogens with one attached hydrogen (secondary N) is 1. The zero-order valence-corrected chi connectivity index (χ0v) is 12.5. The van der Waals surface area contributed by atoms with E-state index in [0.29, 0.717) is 24.3 Å². The Kier molecular flexibility index (Phi) is 4.02. The van der Waals surface area contributed by atoms with Crippen molar-refractivity contribution in [3.63, 3.8) is 0 Å². The second-order valence-electron chi connectivity index (χ2n) is 5.84. The van der Waals surface area contributed by atoms with Gasteiger partial charge in [0.15, 0.2) is 17.3 Å². The van der Waals surface area contributed by atoms with Crippen LogP contribution in [0.3, 0.4) is 0 Å². The van der Waals surface area contributed by atoms with Crippen LogP contribution in [0.2, 0.25) is 0 Å². The van der Waals surface area contributed by atoms with Crippen molar-refractivity contribution in [1.82, 2.24) is 5.32 Å². The Morgan fingerprint density at radius 2 is 1.83 bits per heavy atom. The number of anilines is 1. The van der Waals surface area contributed by atoms with Gasteiger partial charge in [-0.3, -0.25) is 9.59 Å². The van der Waals surface area contributed by atoms with Gasteiger partial charge in [0.25, 0.3) is 0 Å². The highest BCUT2D eigenvalue weighted by molar-refractivity contribution is 6.03. The van der Waals surface area contributed by atoms with Crippen molar-refractivity contribution in [2.45, 2.75) is 31.5 Å². The number of alkyl halides is 3. The third-order valence-corrected chi connectivity index (χ3v) is 4.21. The van der Waals surface area contributed by atoms with Crippen molar-refractivity contribution >= 4 is 17.4 Å². The minimum absolute atomic E-state index is 0.0430. The zero-order valence-electron chi connectivity index (χ0n) is 12.5. The van der Waals surface area contributed by atoms with Crippen LogP contribution in [-0.2, 0) is 4.79 Å². The maximum Gasteiger partial charge on any atom is 0.471 e. The number of benzene rings is 1. The fourth-order valence-corrected chi connectivity index (χ4v) is 3.01. The number of carbonyl (C=O) groups is 2. The molecule has 0 radical (unpaired) electrons. The van der Waals surface area contributed by atoms with E-state index in [1.54, 1.807) is 0 Å². The monoisotopic (exact) mass is 344 g/mol. The van der Waals surface area contributed by atoms with Crippen LogP contribution < -0.4 is 20.5 Å². The van der Waals surface area contributed by atoms with E-state index in [1.165, 1.54) is 12.1 Å². The number of nitrogen functional groups attached to an aromatic ring is 1. The molecule has 2 atom stereocenters. The molecule has 2 aliphatic rings. The smallest absolute Gasteiger partial charge is 0.454 e. The Morgan fingerprint density at radius 1 is 1.17 bits per heavy atom. The molecule has 0 aromatic heterocycles. The molecular formula is C15H15F3N2O4. The maximum atomic E-state index is 12.6. The third-order valence-electron chi connectivity index (χ3n) is 4.21. The van der Waals surface area contributed by atoms with Gasteiger partial charge >= 0.3 is 12.1 Å². The fraction of sp³-hybridized carbons (Fsp3) is 0.467. The number of hydrogen-bond donors (Lipinski definition) is 2. The minimum atomic E-state index is -4.93. The summed E-state index contributed by atoms with van der Waals surface area (Å²) in [6.07, 6.45) is -4.09. The molecule has 0 saturated heterocycles. The average Bonchev–Trinajstić information content (AvgIpc) is 3.13. The van der Waals surface area contributed by atoms with E-state index in [9.17, 15) is 22.8 Å². The van der Waals surface area contributed by atoms with Crippen molar-refractivity contribution < 1.29 is 32.2 Å². The molecule has 1 fully saturated rings. The summed E-state index contributed by atoms with van der Waals surface area (Å²) in [7, 11) is 0. The molecule has 3 N–H and O–H groups in total. The molecule has 9 heteroatoms. The number of rotatable bonds is 3. The average molecular weight is 344 g/mol. The highest BCUT2D eigenvalue weighted by atomic mass is 19.4. The van der Waals surface area contributed by atoms with Gasteiger partial charge < -0.3 is 20.5 Å². The van der Waals surface area contributed by atoms with Crippen LogP contribution >= 0.6 is 0 Å². The second kappa shape index (κ2) is 5.88. The molecule has 3 rings (SSSR count). The van der Waals surface area contributed by atoms with Gasteiger partial charge in [0.2, 0.25) is 6.79 Å². The number of ether oxygens (including phenoxy) is 2. The Bertz CT molecular complexity index is 690. The largest absolute Gasteiger partial charge is 0.471 e. The van der Waals surface area contributed by atoms with E-state index in [4.69, 9.17) is 15.2 Å². The van der Waals surface area contributed by atoms with Crippen LogP contribution in [0.15, 0.2) is 12.1 Å². The van der Waals surface area contributed by atoms with Gasteiger partial charge in [-0.1, -0.05) is 0 Å². The molecule has 1 amide bonds. The molecule has 6 nitrogen and oxygen atoms in total. The number of nitrogens with two attached hydrogens (primary N) is 1. The lowest BCUT2D eigenvalue weighted by Crippen LogP contribution is -2.42. The normalized spacial score (nSPS) is 22.5. The summed E-state index contributed by atoms with van der Waals surface area (Å²) in [4.78, 5) is 23.6. The van der Waals surface area contributed by atoms with Gasteiger partial charge in [-0.2, -0.15) is 13.2 Å².